The summed E-state index contributed by atoms with van der Waals surface area (Å²) in [5.74, 6) is 0. The fourth-order valence-electron chi connectivity index (χ4n) is 2.03. The van der Waals surface area contributed by atoms with Gasteiger partial charge in [-0.1, -0.05) is 30.3 Å². The van der Waals surface area contributed by atoms with Crippen molar-refractivity contribution in [1.82, 2.24) is 5.32 Å². The van der Waals surface area contributed by atoms with Gasteiger partial charge in [-0.15, -0.1) is 6.58 Å². The van der Waals surface area contributed by atoms with Gasteiger partial charge in [-0.05, 0) is 11.1 Å². The van der Waals surface area contributed by atoms with E-state index in [1.807, 2.05) is 18.2 Å². The summed E-state index contributed by atoms with van der Waals surface area (Å²) in [6, 6.07) is 8.26. The van der Waals surface area contributed by atoms with Crippen molar-refractivity contribution in [2.75, 3.05) is 6.54 Å². The van der Waals surface area contributed by atoms with Gasteiger partial charge in [0.1, 0.15) is 0 Å². The SMILES string of the molecule is C=CCN[C@@H]1c2ccccc2C[C@@H]1O. The van der Waals surface area contributed by atoms with E-state index in [-0.39, 0.29) is 12.1 Å². The van der Waals surface area contributed by atoms with Crippen LogP contribution in [-0.4, -0.2) is 17.8 Å². The van der Waals surface area contributed by atoms with E-state index in [1.165, 1.54) is 11.1 Å². The van der Waals surface area contributed by atoms with Crippen LogP contribution in [0.1, 0.15) is 17.2 Å². The lowest BCUT2D eigenvalue weighted by atomic mass is 10.1. The standard InChI is InChI=1S/C12H15NO/c1-2-7-13-12-10-6-4-3-5-9(10)8-11(12)14/h2-6,11-14H,1,7-8H2/t11-,12+/m0/s1. The average Bonchev–Trinajstić information content (AvgIpc) is 2.51. The summed E-state index contributed by atoms with van der Waals surface area (Å²) >= 11 is 0. The van der Waals surface area contributed by atoms with Crippen LogP contribution in [0.3, 0.4) is 0 Å². The molecule has 0 bridgehead atoms. The third kappa shape index (κ3) is 1.59. The highest BCUT2D eigenvalue weighted by Crippen LogP contribution is 2.30. The molecule has 0 amide bonds. The lowest BCUT2D eigenvalue weighted by Crippen LogP contribution is -2.28. The van der Waals surface area contributed by atoms with E-state index < -0.39 is 0 Å². The molecule has 0 saturated heterocycles. The Morgan fingerprint density at radius 3 is 3.07 bits per heavy atom. The highest BCUT2D eigenvalue weighted by atomic mass is 16.3. The van der Waals surface area contributed by atoms with Crippen LogP contribution in [0.4, 0.5) is 0 Å². The molecule has 74 valence electrons. The van der Waals surface area contributed by atoms with E-state index in [0.717, 1.165) is 13.0 Å². The minimum Gasteiger partial charge on any atom is -0.391 e. The van der Waals surface area contributed by atoms with Gasteiger partial charge in [0, 0.05) is 13.0 Å². The first kappa shape index (κ1) is 9.44. The van der Waals surface area contributed by atoms with Crippen LogP contribution >= 0.6 is 0 Å². The molecule has 1 aliphatic carbocycles. The number of aliphatic hydroxyl groups is 1. The monoisotopic (exact) mass is 189 g/mol. The summed E-state index contributed by atoms with van der Waals surface area (Å²) in [7, 11) is 0. The van der Waals surface area contributed by atoms with Gasteiger partial charge in [0.15, 0.2) is 0 Å². The first-order valence-electron chi connectivity index (χ1n) is 4.93. The largest absolute Gasteiger partial charge is 0.391 e. The molecule has 0 spiro atoms. The molecule has 2 atom stereocenters. The van der Waals surface area contributed by atoms with E-state index in [4.69, 9.17) is 0 Å². The Morgan fingerprint density at radius 2 is 2.29 bits per heavy atom. The minimum absolute atomic E-state index is 0.0733. The van der Waals surface area contributed by atoms with E-state index in [1.54, 1.807) is 0 Å². The van der Waals surface area contributed by atoms with Gasteiger partial charge in [-0.2, -0.15) is 0 Å². The number of hydrogen-bond acceptors (Lipinski definition) is 2. The van der Waals surface area contributed by atoms with Crippen LogP contribution in [0.25, 0.3) is 0 Å². The summed E-state index contributed by atoms with van der Waals surface area (Å²) in [6.45, 7) is 4.39. The molecule has 2 N–H and O–H groups in total. The molecule has 1 aliphatic rings. The van der Waals surface area contributed by atoms with E-state index in [2.05, 4.69) is 24.0 Å². The lowest BCUT2D eigenvalue weighted by Gasteiger charge is -2.16. The van der Waals surface area contributed by atoms with Crippen molar-refractivity contribution >= 4 is 0 Å². The maximum absolute atomic E-state index is 9.84. The molecule has 0 saturated carbocycles. The molecular weight excluding hydrogens is 174 g/mol. The zero-order valence-corrected chi connectivity index (χ0v) is 8.11. The number of rotatable bonds is 3. The van der Waals surface area contributed by atoms with Crippen LogP contribution in [-0.2, 0) is 6.42 Å². The fraction of sp³-hybridized carbons (Fsp3) is 0.333. The summed E-state index contributed by atoms with van der Waals surface area (Å²) in [4.78, 5) is 0. The fourth-order valence-corrected chi connectivity index (χ4v) is 2.03. The zero-order chi connectivity index (χ0) is 9.97. The van der Waals surface area contributed by atoms with Gasteiger partial charge >= 0.3 is 0 Å². The molecule has 0 fully saturated rings. The Bertz CT molecular complexity index is 335. The van der Waals surface area contributed by atoms with Gasteiger partial charge < -0.3 is 10.4 Å². The molecule has 1 aromatic carbocycles. The quantitative estimate of drug-likeness (QED) is 0.705. The Balaban J connectivity index is 2.21. The molecule has 2 rings (SSSR count). The van der Waals surface area contributed by atoms with Crippen molar-refractivity contribution in [2.24, 2.45) is 0 Å². The predicted octanol–water partition coefficient (Wildman–Crippen LogP) is 1.42. The van der Waals surface area contributed by atoms with Gasteiger partial charge in [0.2, 0.25) is 0 Å². The molecule has 0 unspecified atom stereocenters. The van der Waals surface area contributed by atoms with Crippen molar-refractivity contribution in [1.29, 1.82) is 0 Å². The Morgan fingerprint density at radius 1 is 1.50 bits per heavy atom. The normalized spacial score (nSPS) is 24.6. The van der Waals surface area contributed by atoms with Gasteiger partial charge in [-0.3, -0.25) is 0 Å². The van der Waals surface area contributed by atoms with Gasteiger partial charge in [-0.25, -0.2) is 0 Å². The smallest absolute Gasteiger partial charge is 0.0775 e. The van der Waals surface area contributed by atoms with Crippen LogP contribution in [0, 0.1) is 0 Å². The molecular formula is C12H15NO. The molecule has 0 heterocycles. The maximum atomic E-state index is 9.84. The summed E-state index contributed by atoms with van der Waals surface area (Å²) in [5, 5.41) is 13.1. The third-order valence-electron chi connectivity index (χ3n) is 2.69. The molecule has 0 aromatic heterocycles. The zero-order valence-electron chi connectivity index (χ0n) is 8.11. The van der Waals surface area contributed by atoms with Crippen molar-refractivity contribution in [3.05, 3.63) is 48.0 Å². The third-order valence-corrected chi connectivity index (χ3v) is 2.69. The highest BCUT2D eigenvalue weighted by Gasteiger charge is 2.29. The molecule has 2 heteroatoms. The van der Waals surface area contributed by atoms with Crippen molar-refractivity contribution in [3.8, 4) is 0 Å². The van der Waals surface area contributed by atoms with E-state index in [0.29, 0.717) is 0 Å². The highest BCUT2D eigenvalue weighted by molar-refractivity contribution is 5.36. The van der Waals surface area contributed by atoms with Gasteiger partial charge in [0.25, 0.3) is 0 Å². The number of hydrogen-bond donors (Lipinski definition) is 2. The summed E-state index contributed by atoms with van der Waals surface area (Å²) in [5.41, 5.74) is 2.48. The van der Waals surface area contributed by atoms with Crippen LogP contribution in [0.15, 0.2) is 36.9 Å². The van der Waals surface area contributed by atoms with Gasteiger partial charge in [0.05, 0.1) is 12.1 Å². The molecule has 0 radical (unpaired) electrons. The number of benzene rings is 1. The minimum atomic E-state index is -0.299. The topological polar surface area (TPSA) is 32.3 Å². The lowest BCUT2D eigenvalue weighted by molar-refractivity contribution is 0.143. The van der Waals surface area contributed by atoms with Crippen molar-refractivity contribution in [3.63, 3.8) is 0 Å². The number of nitrogens with one attached hydrogen (secondary N) is 1. The predicted molar refractivity (Wildman–Crippen MR) is 57.1 cm³/mol. The van der Waals surface area contributed by atoms with Crippen LogP contribution in [0.5, 0.6) is 0 Å². The Labute approximate surface area is 84.3 Å². The Hall–Kier alpha value is -1.12. The second-order valence-electron chi connectivity index (χ2n) is 3.64. The van der Waals surface area contributed by atoms with Crippen molar-refractivity contribution < 1.29 is 5.11 Å². The van der Waals surface area contributed by atoms with Crippen LogP contribution < -0.4 is 5.32 Å². The number of fused-ring (bicyclic) bond motifs is 1. The summed E-state index contributed by atoms with van der Waals surface area (Å²) < 4.78 is 0. The first-order chi connectivity index (χ1) is 6.83. The van der Waals surface area contributed by atoms with E-state index in [9.17, 15) is 5.11 Å². The number of aliphatic hydroxyl groups excluding tert-OH is 1. The van der Waals surface area contributed by atoms with Crippen LogP contribution in [0.2, 0.25) is 0 Å². The Kier molecular flexibility index (Phi) is 2.66. The molecule has 1 aromatic rings. The molecule has 14 heavy (non-hydrogen) atoms. The second kappa shape index (κ2) is 3.95. The molecule has 2 nitrogen and oxygen atoms in total. The first-order valence-corrected chi connectivity index (χ1v) is 4.93. The molecule has 0 aliphatic heterocycles. The summed E-state index contributed by atoms with van der Waals surface area (Å²) in [6.07, 6.45) is 2.27. The van der Waals surface area contributed by atoms with Crippen molar-refractivity contribution in [2.45, 2.75) is 18.6 Å². The van der Waals surface area contributed by atoms with E-state index >= 15 is 0 Å². The maximum Gasteiger partial charge on any atom is 0.0775 e. The second-order valence-corrected chi connectivity index (χ2v) is 3.64. The average molecular weight is 189 g/mol.